The van der Waals surface area contributed by atoms with E-state index in [1.165, 1.54) is 0 Å². The first kappa shape index (κ1) is 13.7. The van der Waals surface area contributed by atoms with Gasteiger partial charge in [0.2, 0.25) is 0 Å². The van der Waals surface area contributed by atoms with Gasteiger partial charge in [0.25, 0.3) is 0 Å². The highest BCUT2D eigenvalue weighted by molar-refractivity contribution is 5.82. The molecule has 0 bridgehead atoms. The Morgan fingerprint density at radius 3 is 2.40 bits per heavy atom. The van der Waals surface area contributed by atoms with Crippen molar-refractivity contribution in [1.82, 2.24) is 10.6 Å². The van der Waals surface area contributed by atoms with Crippen molar-refractivity contribution in [2.24, 2.45) is 11.7 Å². The summed E-state index contributed by atoms with van der Waals surface area (Å²) in [6.45, 7) is 4.46. The van der Waals surface area contributed by atoms with E-state index in [9.17, 15) is 9.59 Å². The quantitative estimate of drug-likeness (QED) is 0.492. The van der Waals surface area contributed by atoms with Crippen LogP contribution in [-0.4, -0.2) is 36.2 Å². The number of carboxylic acid groups (broad SMARTS) is 1. The summed E-state index contributed by atoms with van der Waals surface area (Å²) < 4.78 is 0. The van der Waals surface area contributed by atoms with E-state index < -0.39 is 18.0 Å². The fourth-order valence-corrected chi connectivity index (χ4v) is 1.09. The minimum atomic E-state index is -1.02. The zero-order chi connectivity index (χ0) is 11.8. The van der Waals surface area contributed by atoms with E-state index in [2.05, 4.69) is 10.6 Å². The van der Waals surface area contributed by atoms with E-state index in [0.717, 1.165) is 0 Å². The third-order valence-corrected chi connectivity index (χ3v) is 1.74. The summed E-state index contributed by atoms with van der Waals surface area (Å²) in [6, 6.07) is -1.34. The molecule has 0 unspecified atom stereocenters. The standard InChI is InChI=1S/C9H19N3O3/c1-6(2)5-7(8(13)14)12-9(15)11-4-3-10/h6-7H,3-5,10H2,1-2H3,(H,13,14)(H2,11,12,15)/t7-/m1/s1. The number of hydrogen-bond acceptors (Lipinski definition) is 3. The molecular formula is C9H19N3O3. The molecule has 0 saturated carbocycles. The van der Waals surface area contributed by atoms with Crippen molar-refractivity contribution >= 4 is 12.0 Å². The highest BCUT2D eigenvalue weighted by Gasteiger charge is 2.20. The maximum Gasteiger partial charge on any atom is 0.326 e. The minimum Gasteiger partial charge on any atom is -0.480 e. The Kier molecular flexibility index (Phi) is 6.44. The monoisotopic (exact) mass is 217 g/mol. The van der Waals surface area contributed by atoms with Crippen LogP contribution >= 0.6 is 0 Å². The van der Waals surface area contributed by atoms with Crippen molar-refractivity contribution in [1.29, 1.82) is 0 Å². The number of nitrogens with two attached hydrogens (primary N) is 1. The number of aliphatic carboxylic acids is 1. The molecule has 15 heavy (non-hydrogen) atoms. The Hall–Kier alpha value is -1.30. The van der Waals surface area contributed by atoms with Crippen LogP contribution in [0.15, 0.2) is 0 Å². The van der Waals surface area contributed by atoms with Crippen LogP contribution in [0.25, 0.3) is 0 Å². The van der Waals surface area contributed by atoms with Crippen LogP contribution in [0, 0.1) is 5.92 Å². The van der Waals surface area contributed by atoms with E-state index in [1.54, 1.807) is 0 Å². The fraction of sp³-hybridized carbons (Fsp3) is 0.778. The molecule has 0 saturated heterocycles. The molecule has 6 nitrogen and oxygen atoms in total. The largest absolute Gasteiger partial charge is 0.480 e. The molecular weight excluding hydrogens is 198 g/mol. The molecule has 0 aliphatic carbocycles. The molecule has 0 heterocycles. The zero-order valence-electron chi connectivity index (χ0n) is 9.12. The lowest BCUT2D eigenvalue weighted by Crippen LogP contribution is -2.47. The summed E-state index contributed by atoms with van der Waals surface area (Å²) in [4.78, 5) is 21.9. The Labute approximate surface area is 89.2 Å². The molecule has 0 spiro atoms. The number of carbonyl (C=O) groups excluding carboxylic acids is 1. The van der Waals surface area contributed by atoms with Crippen LogP contribution in [-0.2, 0) is 4.79 Å². The lowest BCUT2D eigenvalue weighted by atomic mass is 10.0. The van der Waals surface area contributed by atoms with Crippen LogP contribution in [0.1, 0.15) is 20.3 Å². The summed E-state index contributed by atoms with van der Waals surface area (Å²) >= 11 is 0. The average Bonchev–Trinajstić information content (AvgIpc) is 2.12. The number of amides is 2. The van der Waals surface area contributed by atoms with Gasteiger partial charge in [-0.2, -0.15) is 0 Å². The predicted molar refractivity (Wildman–Crippen MR) is 56.5 cm³/mol. The normalized spacial score (nSPS) is 12.3. The smallest absolute Gasteiger partial charge is 0.326 e. The van der Waals surface area contributed by atoms with Crippen molar-refractivity contribution in [3.63, 3.8) is 0 Å². The predicted octanol–water partition coefficient (Wildman–Crippen LogP) is -0.256. The molecule has 1 atom stereocenters. The SMILES string of the molecule is CC(C)C[C@@H](NC(=O)NCCN)C(=O)O. The molecule has 88 valence electrons. The van der Waals surface area contributed by atoms with Crippen LogP contribution < -0.4 is 16.4 Å². The molecule has 0 aliphatic heterocycles. The molecule has 0 aromatic heterocycles. The summed E-state index contributed by atoms with van der Waals surface area (Å²) in [5.41, 5.74) is 5.19. The van der Waals surface area contributed by atoms with Gasteiger partial charge in [0, 0.05) is 13.1 Å². The lowest BCUT2D eigenvalue weighted by molar-refractivity contribution is -0.139. The number of carboxylic acids is 1. The molecule has 0 fully saturated rings. The van der Waals surface area contributed by atoms with Gasteiger partial charge in [0.1, 0.15) is 6.04 Å². The second-order valence-corrected chi connectivity index (χ2v) is 3.71. The number of rotatable bonds is 6. The molecule has 5 N–H and O–H groups in total. The van der Waals surface area contributed by atoms with E-state index in [0.29, 0.717) is 19.5 Å². The Morgan fingerprint density at radius 2 is 2.00 bits per heavy atom. The first-order valence-electron chi connectivity index (χ1n) is 4.94. The molecule has 2 amide bonds. The Bertz CT molecular complexity index is 219. The average molecular weight is 217 g/mol. The highest BCUT2D eigenvalue weighted by atomic mass is 16.4. The fourth-order valence-electron chi connectivity index (χ4n) is 1.09. The maximum atomic E-state index is 11.2. The lowest BCUT2D eigenvalue weighted by Gasteiger charge is -2.16. The second-order valence-electron chi connectivity index (χ2n) is 3.71. The third-order valence-electron chi connectivity index (χ3n) is 1.74. The van der Waals surface area contributed by atoms with Gasteiger partial charge < -0.3 is 21.5 Å². The van der Waals surface area contributed by atoms with Crippen molar-refractivity contribution in [3.05, 3.63) is 0 Å². The van der Waals surface area contributed by atoms with Gasteiger partial charge in [-0.05, 0) is 12.3 Å². The minimum absolute atomic E-state index is 0.209. The van der Waals surface area contributed by atoms with Crippen molar-refractivity contribution < 1.29 is 14.7 Å². The summed E-state index contributed by atoms with van der Waals surface area (Å²) in [6.07, 6.45) is 0.408. The van der Waals surface area contributed by atoms with Crippen LogP contribution in [0.4, 0.5) is 4.79 Å². The van der Waals surface area contributed by atoms with Gasteiger partial charge in [-0.1, -0.05) is 13.8 Å². The van der Waals surface area contributed by atoms with Gasteiger partial charge in [0.15, 0.2) is 0 Å². The summed E-state index contributed by atoms with van der Waals surface area (Å²) in [7, 11) is 0. The van der Waals surface area contributed by atoms with Crippen molar-refractivity contribution in [3.8, 4) is 0 Å². The molecule has 0 aliphatic rings. The van der Waals surface area contributed by atoms with Gasteiger partial charge in [-0.3, -0.25) is 0 Å². The Balaban J connectivity index is 4.05. The number of nitrogens with one attached hydrogen (secondary N) is 2. The third kappa shape index (κ3) is 6.73. The molecule has 0 radical (unpaired) electrons. The van der Waals surface area contributed by atoms with Gasteiger partial charge in [0.05, 0.1) is 0 Å². The van der Waals surface area contributed by atoms with E-state index in [4.69, 9.17) is 10.8 Å². The topological polar surface area (TPSA) is 104 Å². The maximum absolute atomic E-state index is 11.2. The Morgan fingerprint density at radius 1 is 1.40 bits per heavy atom. The highest BCUT2D eigenvalue weighted by Crippen LogP contribution is 2.04. The van der Waals surface area contributed by atoms with Crippen LogP contribution in [0.5, 0.6) is 0 Å². The number of carbonyl (C=O) groups is 2. The molecule has 0 aromatic rings. The van der Waals surface area contributed by atoms with Crippen LogP contribution in [0.3, 0.4) is 0 Å². The zero-order valence-corrected chi connectivity index (χ0v) is 9.12. The molecule has 0 aromatic carbocycles. The first-order valence-corrected chi connectivity index (χ1v) is 4.94. The van der Waals surface area contributed by atoms with Gasteiger partial charge >= 0.3 is 12.0 Å². The van der Waals surface area contributed by atoms with Crippen molar-refractivity contribution in [2.75, 3.05) is 13.1 Å². The number of hydrogen-bond donors (Lipinski definition) is 4. The van der Waals surface area contributed by atoms with Crippen molar-refractivity contribution in [2.45, 2.75) is 26.3 Å². The summed E-state index contributed by atoms with van der Waals surface area (Å²) in [5.74, 6) is -0.812. The van der Waals surface area contributed by atoms with Gasteiger partial charge in [-0.15, -0.1) is 0 Å². The molecule has 0 rings (SSSR count). The van der Waals surface area contributed by atoms with E-state index in [-0.39, 0.29) is 5.92 Å². The van der Waals surface area contributed by atoms with E-state index >= 15 is 0 Å². The van der Waals surface area contributed by atoms with Crippen LogP contribution in [0.2, 0.25) is 0 Å². The van der Waals surface area contributed by atoms with E-state index in [1.807, 2.05) is 13.8 Å². The summed E-state index contributed by atoms with van der Waals surface area (Å²) in [5, 5.41) is 13.7. The number of urea groups is 1. The van der Waals surface area contributed by atoms with Gasteiger partial charge in [-0.25, -0.2) is 9.59 Å². The molecule has 6 heteroatoms. The first-order chi connectivity index (χ1) is 6.97. The second kappa shape index (κ2) is 7.05.